The summed E-state index contributed by atoms with van der Waals surface area (Å²) >= 11 is 0. The minimum Gasteiger partial charge on any atom is -0.349 e. The van der Waals surface area contributed by atoms with E-state index in [2.05, 4.69) is 17.0 Å². The number of nitriles is 1. The molecule has 1 amide bonds. The van der Waals surface area contributed by atoms with Crippen LogP contribution in [0.5, 0.6) is 0 Å². The lowest BCUT2D eigenvalue weighted by Gasteiger charge is -2.32. The van der Waals surface area contributed by atoms with E-state index in [1.165, 1.54) is 18.4 Å². The van der Waals surface area contributed by atoms with Gasteiger partial charge in [0.2, 0.25) is 5.91 Å². The molecule has 3 rings (SSSR count). The van der Waals surface area contributed by atoms with Gasteiger partial charge in [-0.05, 0) is 48.9 Å². The van der Waals surface area contributed by atoms with E-state index in [9.17, 15) is 4.79 Å². The molecule has 1 saturated carbocycles. The van der Waals surface area contributed by atoms with E-state index in [4.69, 9.17) is 5.26 Å². The Bertz CT molecular complexity index is 634. The third-order valence-electron chi connectivity index (χ3n) is 5.57. The van der Waals surface area contributed by atoms with Gasteiger partial charge in [-0.3, -0.25) is 9.69 Å². The topological polar surface area (TPSA) is 47.3 Å². The maximum atomic E-state index is 12.5. The van der Waals surface area contributed by atoms with Gasteiger partial charge in [0.25, 0.3) is 0 Å². The second-order valence-corrected chi connectivity index (χ2v) is 7.31. The lowest BCUT2D eigenvalue weighted by atomic mass is 9.76. The maximum Gasteiger partial charge on any atom is 0.225 e. The van der Waals surface area contributed by atoms with Crippen molar-refractivity contribution in [3.63, 3.8) is 0 Å². The number of amides is 1. The molecule has 4 heteroatoms. The molecule has 2 aliphatic rings. The van der Waals surface area contributed by atoms with Gasteiger partial charge in [-0.15, -0.1) is 0 Å². The molecule has 2 fully saturated rings. The van der Waals surface area contributed by atoms with Gasteiger partial charge in [0.1, 0.15) is 0 Å². The van der Waals surface area contributed by atoms with Crippen molar-refractivity contribution in [2.45, 2.75) is 32.2 Å². The zero-order valence-corrected chi connectivity index (χ0v) is 14.1. The molecule has 1 heterocycles. The zero-order valence-electron chi connectivity index (χ0n) is 14.1. The number of carbonyl (C=O) groups excluding carboxylic acids is 1. The first-order valence-electron chi connectivity index (χ1n) is 8.47. The number of benzene rings is 1. The first-order chi connectivity index (χ1) is 11.0. The van der Waals surface area contributed by atoms with Crippen molar-refractivity contribution in [2.24, 2.45) is 11.3 Å². The Hall–Kier alpha value is -1.86. The molecule has 4 nitrogen and oxygen atoms in total. The lowest BCUT2D eigenvalue weighted by Crippen LogP contribution is -2.40. The molecule has 1 spiro atoms. The first kappa shape index (κ1) is 16.0. The van der Waals surface area contributed by atoms with Crippen LogP contribution in [0.15, 0.2) is 24.3 Å². The molecular weight excluding hydrogens is 286 g/mol. The molecule has 1 saturated heterocycles. The molecule has 0 unspecified atom stereocenters. The fourth-order valence-electron chi connectivity index (χ4n) is 4.44. The first-order valence-corrected chi connectivity index (χ1v) is 8.47. The van der Waals surface area contributed by atoms with Gasteiger partial charge in [0, 0.05) is 33.1 Å². The molecular formula is C19H25N3O. The van der Waals surface area contributed by atoms with Crippen LogP contribution in [0.3, 0.4) is 0 Å². The second kappa shape index (κ2) is 6.33. The van der Waals surface area contributed by atoms with Crippen LogP contribution in [0.25, 0.3) is 0 Å². The molecule has 1 aromatic carbocycles. The fraction of sp³-hybridized carbons (Fsp3) is 0.579. The molecule has 0 radical (unpaired) electrons. The van der Waals surface area contributed by atoms with E-state index in [-0.39, 0.29) is 11.3 Å². The Morgan fingerprint density at radius 1 is 1.43 bits per heavy atom. The highest BCUT2D eigenvalue weighted by Crippen LogP contribution is 2.50. The van der Waals surface area contributed by atoms with Gasteiger partial charge >= 0.3 is 0 Å². The lowest BCUT2D eigenvalue weighted by molar-refractivity contribution is -0.136. The number of likely N-dealkylation sites (tertiary alicyclic amines) is 1. The number of nitrogens with zero attached hydrogens (tertiary/aromatic N) is 3. The summed E-state index contributed by atoms with van der Waals surface area (Å²) in [6.45, 7) is 2.93. The van der Waals surface area contributed by atoms with Gasteiger partial charge in [0.15, 0.2) is 0 Å². The highest BCUT2D eigenvalue weighted by molar-refractivity contribution is 5.79. The van der Waals surface area contributed by atoms with E-state index in [0.717, 1.165) is 38.0 Å². The van der Waals surface area contributed by atoms with Crippen LogP contribution in [0.1, 0.15) is 36.8 Å². The largest absolute Gasteiger partial charge is 0.349 e. The standard InChI is InChI=1S/C19H25N3O/c1-21(2)18(23)17-7-4-8-19(17)9-10-22(14-19)13-16-6-3-5-15(11-16)12-20/h3,5-6,11,17H,4,7-10,13-14H2,1-2H3/t17-,19-/m1/s1. The van der Waals surface area contributed by atoms with Crippen molar-refractivity contribution in [1.29, 1.82) is 5.26 Å². The van der Waals surface area contributed by atoms with Crippen molar-refractivity contribution < 1.29 is 4.79 Å². The normalized spacial score (nSPS) is 27.3. The fourth-order valence-corrected chi connectivity index (χ4v) is 4.44. The average molecular weight is 311 g/mol. The Labute approximate surface area is 138 Å². The summed E-state index contributed by atoms with van der Waals surface area (Å²) in [5.41, 5.74) is 2.08. The van der Waals surface area contributed by atoms with Crippen molar-refractivity contribution in [3.05, 3.63) is 35.4 Å². The van der Waals surface area contributed by atoms with E-state index in [1.807, 2.05) is 32.3 Å². The highest BCUT2D eigenvalue weighted by atomic mass is 16.2. The van der Waals surface area contributed by atoms with Crippen LogP contribution in [0.4, 0.5) is 0 Å². The molecule has 1 aromatic rings. The summed E-state index contributed by atoms with van der Waals surface area (Å²) in [6.07, 6.45) is 4.50. The molecule has 0 N–H and O–H groups in total. The van der Waals surface area contributed by atoms with Crippen LogP contribution < -0.4 is 0 Å². The van der Waals surface area contributed by atoms with Crippen LogP contribution >= 0.6 is 0 Å². The predicted octanol–water partition coefficient (Wildman–Crippen LogP) is 2.64. The Morgan fingerprint density at radius 3 is 3.00 bits per heavy atom. The van der Waals surface area contributed by atoms with E-state index < -0.39 is 0 Å². The summed E-state index contributed by atoms with van der Waals surface area (Å²) in [4.78, 5) is 16.7. The Kier molecular flexibility index (Phi) is 4.41. The number of rotatable bonds is 3. The SMILES string of the molecule is CN(C)C(=O)[C@H]1CCC[C@]12CCN(Cc1cccc(C#N)c1)C2. The van der Waals surface area contributed by atoms with Crippen LogP contribution in [-0.2, 0) is 11.3 Å². The zero-order chi connectivity index (χ0) is 16.4. The quantitative estimate of drug-likeness (QED) is 0.862. The molecule has 2 atom stereocenters. The maximum absolute atomic E-state index is 12.5. The van der Waals surface area contributed by atoms with E-state index >= 15 is 0 Å². The Balaban J connectivity index is 1.70. The molecule has 23 heavy (non-hydrogen) atoms. The molecule has 1 aliphatic heterocycles. The van der Waals surface area contributed by atoms with Crippen LogP contribution in [0.2, 0.25) is 0 Å². The smallest absolute Gasteiger partial charge is 0.225 e. The summed E-state index contributed by atoms with van der Waals surface area (Å²) in [6, 6.07) is 10.1. The molecule has 0 aromatic heterocycles. The van der Waals surface area contributed by atoms with Crippen LogP contribution in [0, 0.1) is 22.7 Å². The summed E-state index contributed by atoms with van der Waals surface area (Å²) in [5, 5.41) is 9.03. The molecule has 122 valence electrons. The summed E-state index contributed by atoms with van der Waals surface area (Å²) in [5.74, 6) is 0.490. The third kappa shape index (κ3) is 3.11. The predicted molar refractivity (Wildman–Crippen MR) is 89.5 cm³/mol. The van der Waals surface area contributed by atoms with Crippen molar-refractivity contribution in [2.75, 3.05) is 27.2 Å². The van der Waals surface area contributed by atoms with E-state index in [0.29, 0.717) is 5.91 Å². The minimum absolute atomic E-state index is 0.175. The highest BCUT2D eigenvalue weighted by Gasteiger charge is 2.50. The molecule has 1 aliphatic carbocycles. The van der Waals surface area contributed by atoms with Crippen molar-refractivity contribution >= 4 is 5.91 Å². The summed E-state index contributed by atoms with van der Waals surface area (Å²) in [7, 11) is 3.74. The third-order valence-corrected chi connectivity index (χ3v) is 5.57. The number of hydrogen-bond donors (Lipinski definition) is 0. The van der Waals surface area contributed by atoms with Gasteiger partial charge in [0.05, 0.1) is 11.6 Å². The van der Waals surface area contributed by atoms with Gasteiger partial charge in [-0.25, -0.2) is 0 Å². The van der Waals surface area contributed by atoms with Crippen molar-refractivity contribution in [3.8, 4) is 6.07 Å². The number of hydrogen-bond acceptors (Lipinski definition) is 3. The minimum atomic E-state index is 0.175. The van der Waals surface area contributed by atoms with Crippen molar-refractivity contribution in [1.82, 2.24) is 9.80 Å². The molecule has 0 bridgehead atoms. The Morgan fingerprint density at radius 2 is 2.26 bits per heavy atom. The van der Waals surface area contributed by atoms with Gasteiger partial charge in [-0.2, -0.15) is 5.26 Å². The van der Waals surface area contributed by atoms with Gasteiger partial charge < -0.3 is 4.90 Å². The average Bonchev–Trinajstić information content (AvgIpc) is 3.14. The second-order valence-electron chi connectivity index (χ2n) is 7.31. The monoisotopic (exact) mass is 311 g/mol. The summed E-state index contributed by atoms with van der Waals surface area (Å²) < 4.78 is 0. The van der Waals surface area contributed by atoms with E-state index in [1.54, 1.807) is 4.90 Å². The van der Waals surface area contributed by atoms with Gasteiger partial charge in [-0.1, -0.05) is 18.6 Å². The van der Waals surface area contributed by atoms with Crippen LogP contribution in [-0.4, -0.2) is 42.9 Å². The number of carbonyl (C=O) groups is 1.